The number of hydrogen-bond donors (Lipinski definition) is 1. The van der Waals surface area contributed by atoms with Crippen LogP contribution in [0.25, 0.3) is 0 Å². The molecule has 5 nitrogen and oxygen atoms in total. The Bertz CT molecular complexity index is 677. The smallest absolute Gasteiger partial charge is 0.158 e. The van der Waals surface area contributed by atoms with Crippen LogP contribution in [0.5, 0.6) is 11.5 Å². The molecule has 0 fully saturated rings. The summed E-state index contributed by atoms with van der Waals surface area (Å²) in [7, 11) is 2.04. The van der Waals surface area contributed by atoms with E-state index in [-0.39, 0.29) is 0 Å². The molecule has 0 aliphatic rings. The third kappa shape index (κ3) is 4.88. The van der Waals surface area contributed by atoms with Crippen LogP contribution in [0.1, 0.15) is 16.7 Å². The zero-order chi connectivity index (χ0) is 17.4. The van der Waals surface area contributed by atoms with Crippen molar-refractivity contribution in [1.29, 1.82) is 0 Å². The lowest BCUT2D eigenvalue weighted by Crippen LogP contribution is -2.24. The molecule has 0 saturated carbocycles. The highest BCUT2D eigenvalue weighted by Gasteiger charge is 2.13. The number of aryl methyl sites for hydroxylation is 1. The first-order chi connectivity index (χ1) is 11.7. The van der Waals surface area contributed by atoms with Crippen molar-refractivity contribution >= 4 is 18.1 Å². The van der Waals surface area contributed by atoms with Crippen LogP contribution in [0.2, 0.25) is 0 Å². The van der Waals surface area contributed by atoms with E-state index in [4.69, 9.17) is 26.1 Å². The van der Waals surface area contributed by atoms with Gasteiger partial charge >= 0.3 is 0 Å². The van der Waals surface area contributed by atoms with Crippen molar-refractivity contribution in [2.45, 2.75) is 13.5 Å². The molecule has 2 rings (SSSR count). The van der Waals surface area contributed by atoms with E-state index in [1.807, 2.05) is 38.2 Å². The van der Waals surface area contributed by atoms with E-state index in [0.29, 0.717) is 23.7 Å². The summed E-state index contributed by atoms with van der Waals surface area (Å²) in [6, 6.07) is 13.8. The average Bonchev–Trinajstić information content (AvgIpc) is 2.58. The lowest BCUT2D eigenvalue weighted by Gasteiger charge is -2.19. The van der Waals surface area contributed by atoms with Crippen LogP contribution in [-0.2, 0) is 6.54 Å². The fraction of sp³-hybridized carbons (Fsp3) is 0.278. The Labute approximate surface area is 147 Å². The van der Waals surface area contributed by atoms with Crippen LogP contribution >= 0.6 is 11.9 Å². The van der Waals surface area contributed by atoms with Crippen molar-refractivity contribution in [1.82, 2.24) is 4.90 Å². The fourth-order valence-electron chi connectivity index (χ4n) is 2.41. The summed E-state index contributed by atoms with van der Waals surface area (Å²) < 4.78 is 10.7. The summed E-state index contributed by atoms with van der Waals surface area (Å²) in [5, 5.41) is 11.9. The summed E-state index contributed by atoms with van der Waals surface area (Å²) in [5.74, 6) is 0.978. The van der Waals surface area contributed by atoms with E-state index in [1.165, 1.54) is 11.8 Å². The van der Waals surface area contributed by atoms with Crippen molar-refractivity contribution in [3.05, 3.63) is 59.2 Å². The van der Waals surface area contributed by atoms with E-state index in [9.17, 15) is 0 Å². The van der Waals surface area contributed by atoms with E-state index < -0.39 is 0 Å². The summed E-state index contributed by atoms with van der Waals surface area (Å²) in [5.41, 5.74) is 2.67. The lowest BCUT2D eigenvalue weighted by molar-refractivity contribution is 0.231. The first-order valence-corrected chi connectivity index (χ1v) is 7.91. The van der Waals surface area contributed by atoms with Crippen LogP contribution in [0.15, 0.2) is 47.6 Å². The highest BCUT2D eigenvalue weighted by atomic mass is 35.5. The van der Waals surface area contributed by atoms with Gasteiger partial charge in [0.1, 0.15) is 24.2 Å². The van der Waals surface area contributed by atoms with Gasteiger partial charge in [-0.2, -0.15) is 0 Å². The monoisotopic (exact) mass is 348 g/mol. The van der Waals surface area contributed by atoms with Gasteiger partial charge in [0.2, 0.25) is 0 Å². The fourth-order valence-corrected chi connectivity index (χ4v) is 2.54. The predicted octanol–water partition coefficient (Wildman–Crippen LogP) is 3.85. The van der Waals surface area contributed by atoms with Crippen molar-refractivity contribution in [2.75, 3.05) is 20.2 Å². The molecule has 0 atom stereocenters. The lowest BCUT2D eigenvalue weighted by atomic mass is 10.1. The number of nitrogens with zero attached hydrogens (tertiary/aromatic N) is 2. The molecular formula is C18H21ClN2O3. The Morgan fingerprint density at radius 1 is 1.21 bits per heavy atom. The van der Waals surface area contributed by atoms with Gasteiger partial charge in [0.05, 0.1) is 11.8 Å². The molecule has 1 N–H and O–H groups in total. The van der Waals surface area contributed by atoms with Crippen LogP contribution in [0.3, 0.4) is 0 Å². The molecule has 0 unspecified atom stereocenters. The third-order valence-corrected chi connectivity index (χ3v) is 3.80. The normalized spacial score (nSPS) is 11.2. The van der Waals surface area contributed by atoms with Crippen molar-refractivity contribution < 1.29 is 14.2 Å². The molecule has 2 aromatic carbocycles. The quantitative estimate of drug-likeness (QED) is 0.447. The second kappa shape index (κ2) is 9.15. The van der Waals surface area contributed by atoms with E-state index in [2.05, 4.69) is 22.2 Å². The molecule has 2 aromatic rings. The number of halogens is 1. The maximum Gasteiger partial charge on any atom is 0.158 e. The van der Waals surface area contributed by atoms with Crippen molar-refractivity contribution in [2.24, 2.45) is 5.16 Å². The summed E-state index contributed by atoms with van der Waals surface area (Å²) >= 11 is 5.46. The summed E-state index contributed by atoms with van der Waals surface area (Å²) in [6.45, 7) is 3.99. The molecule has 0 saturated heterocycles. The minimum atomic E-state index is 0.382. The van der Waals surface area contributed by atoms with Gasteiger partial charge in [-0.05, 0) is 31.2 Å². The highest BCUT2D eigenvalue weighted by molar-refractivity contribution is 6.09. The molecule has 0 aromatic heterocycles. The maximum absolute atomic E-state index is 8.84. The van der Waals surface area contributed by atoms with Crippen molar-refractivity contribution in [3.63, 3.8) is 0 Å². The zero-order valence-electron chi connectivity index (χ0n) is 13.8. The average molecular weight is 349 g/mol. The Morgan fingerprint density at radius 2 is 1.96 bits per heavy atom. The van der Waals surface area contributed by atoms with Gasteiger partial charge in [0.25, 0.3) is 0 Å². The van der Waals surface area contributed by atoms with E-state index in [0.717, 1.165) is 18.7 Å². The molecule has 24 heavy (non-hydrogen) atoms. The number of oxime groups is 1. The molecule has 0 bridgehead atoms. The van der Waals surface area contributed by atoms with Crippen LogP contribution in [0, 0.1) is 6.92 Å². The summed E-state index contributed by atoms with van der Waals surface area (Å²) in [6.07, 6.45) is 1.26. The number of hydrogen-bond acceptors (Lipinski definition) is 5. The molecule has 0 amide bonds. The summed E-state index contributed by atoms with van der Waals surface area (Å²) in [4.78, 5) is 2.17. The van der Waals surface area contributed by atoms with Gasteiger partial charge in [-0.15, -0.1) is 0 Å². The molecule has 0 aliphatic carbocycles. The van der Waals surface area contributed by atoms with E-state index >= 15 is 0 Å². The topological polar surface area (TPSA) is 54.3 Å². The number of rotatable bonds is 8. The van der Waals surface area contributed by atoms with Crippen LogP contribution < -0.4 is 9.03 Å². The number of ether oxygens (including phenoxy) is 1. The van der Waals surface area contributed by atoms with Gasteiger partial charge in [-0.1, -0.05) is 41.6 Å². The van der Waals surface area contributed by atoms with Crippen LogP contribution in [0.4, 0.5) is 0 Å². The SMILES string of the molecule is Cc1ccc(OCl)c(C=NO)c1OCCN(C)Cc1ccccc1. The second-order valence-electron chi connectivity index (χ2n) is 5.52. The standard InChI is InChI=1S/C18H21ClN2O3/c1-14-8-9-17(24-19)16(12-20-22)18(14)23-11-10-21(2)13-15-6-4-3-5-7-15/h3-9,12,22H,10-11,13H2,1-2H3. The Morgan fingerprint density at radius 3 is 2.62 bits per heavy atom. The van der Waals surface area contributed by atoms with Crippen molar-refractivity contribution in [3.8, 4) is 11.5 Å². The van der Waals surface area contributed by atoms with E-state index in [1.54, 1.807) is 6.07 Å². The Kier molecular flexibility index (Phi) is 6.90. The molecule has 128 valence electrons. The molecule has 0 radical (unpaired) electrons. The largest absolute Gasteiger partial charge is 0.491 e. The molecular weight excluding hydrogens is 328 g/mol. The third-order valence-electron chi connectivity index (χ3n) is 3.64. The first-order valence-electron chi connectivity index (χ1n) is 7.60. The minimum absolute atomic E-state index is 0.382. The Hall–Kier alpha value is -2.24. The number of likely N-dealkylation sites (N-methyl/N-ethyl adjacent to an activating group) is 1. The van der Waals surface area contributed by atoms with Gasteiger partial charge in [0, 0.05) is 13.1 Å². The first kappa shape index (κ1) is 18.1. The van der Waals surface area contributed by atoms with Gasteiger partial charge in [0.15, 0.2) is 5.75 Å². The van der Waals surface area contributed by atoms with Gasteiger partial charge < -0.3 is 14.2 Å². The van der Waals surface area contributed by atoms with Gasteiger partial charge in [-0.25, -0.2) is 0 Å². The van der Waals surface area contributed by atoms with Crippen LogP contribution in [-0.4, -0.2) is 36.5 Å². The number of benzene rings is 2. The molecule has 6 heteroatoms. The predicted molar refractivity (Wildman–Crippen MR) is 95.3 cm³/mol. The molecule has 0 heterocycles. The minimum Gasteiger partial charge on any atom is -0.491 e. The molecule has 0 aliphatic heterocycles. The second-order valence-corrected chi connectivity index (χ2v) is 5.67. The zero-order valence-corrected chi connectivity index (χ0v) is 14.5. The Balaban J connectivity index is 1.99. The maximum atomic E-state index is 8.84. The molecule has 0 spiro atoms. The highest BCUT2D eigenvalue weighted by Crippen LogP contribution is 2.31. The van der Waals surface area contributed by atoms with Gasteiger partial charge in [-0.3, -0.25) is 4.90 Å².